The van der Waals surface area contributed by atoms with Crippen LogP contribution in [0.3, 0.4) is 0 Å². The molecule has 112 valence electrons. The zero-order valence-electron chi connectivity index (χ0n) is 12.9. The van der Waals surface area contributed by atoms with Crippen molar-refractivity contribution in [1.29, 1.82) is 0 Å². The summed E-state index contributed by atoms with van der Waals surface area (Å²) >= 11 is 0. The SMILES string of the molecule is CCNC(CC)CCCN1CCCOc2ccccc21. The predicted molar refractivity (Wildman–Crippen MR) is 85.8 cm³/mol. The van der Waals surface area contributed by atoms with Crippen molar-refractivity contribution < 1.29 is 4.74 Å². The summed E-state index contributed by atoms with van der Waals surface area (Å²) in [5, 5.41) is 3.56. The van der Waals surface area contributed by atoms with E-state index in [2.05, 4.69) is 48.3 Å². The van der Waals surface area contributed by atoms with E-state index < -0.39 is 0 Å². The number of hydrogen-bond donors (Lipinski definition) is 1. The summed E-state index contributed by atoms with van der Waals surface area (Å²) in [5.41, 5.74) is 1.27. The van der Waals surface area contributed by atoms with Crippen molar-refractivity contribution in [2.45, 2.75) is 45.6 Å². The first-order chi connectivity index (χ1) is 9.85. The highest BCUT2D eigenvalue weighted by atomic mass is 16.5. The number of para-hydroxylation sites is 2. The van der Waals surface area contributed by atoms with E-state index in [0.29, 0.717) is 6.04 Å². The van der Waals surface area contributed by atoms with Crippen LogP contribution in [0.25, 0.3) is 0 Å². The summed E-state index contributed by atoms with van der Waals surface area (Å²) < 4.78 is 5.81. The number of rotatable bonds is 7. The molecule has 0 amide bonds. The Morgan fingerprint density at radius 2 is 2.15 bits per heavy atom. The van der Waals surface area contributed by atoms with Gasteiger partial charge in [-0.15, -0.1) is 0 Å². The Hall–Kier alpha value is -1.22. The van der Waals surface area contributed by atoms with Crippen molar-refractivity contribution in [3.8, 4) is 5.75 Å². The second-order valence-electron chi connectivity index (χ2n) is 5.46. The maximum Gasteiger partial charge on any atom is 0.142 e. The molecule has 0 saturated heterocycles. The number of benzene rings is 1. The summed E-state index contributed by atoms with van der Waals surface area (Å²) in [5.74, 6) is 1.05. The molecular weight excluding hydrogens is 248 g/mol. The molecule has 3 heteroatoms. The molecule has 1 aliphatic rings. The zero-order valence-corrected chi connectivity index (χ0v) is 12.9. The van der Waals surface area contributed by atoms with Gasteiger partial charge in [-0.3, -0.25) is 0 Å². The molecule has 1 atom stereocenters. The normalized spacial score (nSPS) is 16.2. The van der Waals surface area contributed by atoms with Gasteiger partial charge in [0, 0.05) is 19.1 Å². The molecule has 0 spiro atoms. The van der Waals surface area contributed by atoms with Gasteiger partial charge in [-0.25, -0.2) is 0 Å². The van der Waals surface area contributed by atoms with Gasteiger partial charge in [0.2, 0.25) is 0 Å². The Balaban J connectivity index is 1.89. The van der Waals surface area contributed by atoms with Gasteiger partial charge in [0.05, 0.1) is 12.3 Å². The van der Waals surface area contributed by atoms with Crippen LogP contribution in [0, 0.1) is 0 Å². The molecule has 0 fully saturated rings. The Bertz CT molecular complexity index is 394. The Labute approximate surface area is 123 Å². The van der Waals surface area contributed by atoms with Crippen LogP contribution in [0.1, 0.15) is 39.5 Å². The van der Waals surface area contributed by atoms with E-state index in [0.717, 1.165) is 38.4 Å². The highest BCUT2D eigenvalue weighted by Gasteiger charge is 2.15. The van der Waals surface area contributed by atoms with Crippen molar-refractivity contribution in [1.82, 2.24) is 5.32 Å². The van der Waals surface area contributed by atoms with Gasteiger partial charge >= 0.3 is 0 Å². The average Bonchev–Trinajstić information content (AvgIpc) is 2.69. The molecule has 0 bridgehead atoms. The molecule has 0 radical (unpaired) electrons. The van der Waals surface area contributed by atoms with Gasteiger partial charge in [-0.1, -0.05) is 26.0 Å². The largest absolute Gasteiger partial charge is 0.491 e. The minimum atomic E-state index is 0.665. The van der Waals surface area contributed by atoms with E-state index in [-0.39, 0.29) is 0 Å². The summed E-state index contributed by atoms with van der Waals surface area (Å²) in [6, 6.07) is 9.09. The van der Waals surface area contributed by atoms with Crippen LogP contribution in [-0.4, -0.2) is 32.3 Å². The van der Waals surface area contributed by atoms with Crippen LogP contribution < -0.4 is 15.0 Å². The van der Waals surface area contributed by atoms with E-state index in [1.807, 2.05) is 0 Å². The molecule has 1 aromatic carbocycles. The fourth-order valence-corrected chi connectivity index (χ4v) is 2.90. The molecular formula is C17H28N2O. The van der Waals surface area contributed by atoms with Crippen molar-refractivity contribution in [3.63, 3.8) is 0 Å². The van der Waals surface area contributed by atoms with Gasteiger partial charge in [-0.2, -0.15) is 0 Å². The monoisotopic (exact) mass is 276 g/mol. The fourth-order valence-electron chi connectivity index (χ4n) is 2.90. The first kappa shape index (κ1) is 15.2. The van der Waals surface area contributed by atoms with Gasteiger partial charge in [0.1, 0.15) is 5.75 Å². The maximum absolute atomic E-state index is 5.81. The lowest BCUT2D eigenvalue weighted by Crippen LogP contribution is -2.30. The molecule has 3 nitrogen and oxygen atoms in total. The van der Waals surface area contributed by atoms with Crippen molar-refractivity contribution in [2.24, 2.45) is 0 Å². The Morgan fingerprint density at radius 3 is 2.95 bits per heavy atom. The van der Waals surface area contributed by atoms with E-state index in [1.54, 1.807) is 0 Å². The van der Waals surface area contributed by atoms with E-state index in [9.17, 15) is 0 Å². The number of fused-ring (bicyclic) bond motifs is 1. The molecule has 1 heterocycles. The van der Waals surface area contributed by atoms with Crippen LogP contribution in [0.5, 0.6) is 5.75 Å². The van der Waals surface area contributed by atoms with Gasteiger partial charge in [-0.05, 0) is 44.4 Å². The lowest BCUT2D eigenvalue weighted by atomic mass is 10.1. The fraction of sp³-hybridized carbons (Fsp3) is 0.647. The number of nitrogens with zero attached hydrogens (tertiary/aromatic N) is 1. The first-order valence-electron chi connectivity index (χ1n) is 8.05. The quantitative estimate of drug-likeness (QED) is 0.825. The minimum absolute atomic E-state index is 0.665. The summed E-state index contributed by atoms with van der Waals surface area (Å²) in [4.78, 5) is 2.49. The van der Waals surface area contributed by atoms with Crippen LogP contribution in [0.4, 0.5) is 5.69 Å². The van der Waals surface area contributed by atoms with Gasteiger partial charge < -0.3 is 15.0 Å². The van der Waals surface area contributed by atoms with Crippen LogP contribution in [0.2, 0.25) is 0 Å². The Morgan fingerprint density at radius 1 is 1.30 bits per heavy atom. The topological polar surface area (TPSA) is 24.5 Å². The van der Waals surface area contributed by atoms with Gasteiger partial charge in [0.15, 0.2) is 0 Å². The smallest absolute Gasteiger partial charge is 0.142 e. The standard InChI is InChI=1S/C17H28N2O/c1-3-15(18-4-2)9-7-12-19-13-8-14-20-17-11-6-5-10-16(17)19/h5-6,10-11,15,18H,3-4,7-9,12-14H2,1-2H3. The highest BCUT2D eigenvalue weighted by Crippen LogP contribution is 2.30. The number of anilines is 1. The third kappa shape index (κ3) is 4.14. The molecule has 1 aromatic rings. The third-order valence-electron chi connectivity index (χ3n) is 4.00. The molecule has 20 heavy (non-hydrogen) atoms. The maximum atomic E-state index is 5.81. The van der Waals surface area contributed by atoms with E-state index >= 15 is 0 Å². The van der Waals surface area contributed by atoms with Crippen LogP contribution in [-0.2, 0) is 0 Å². The third-order valence-corrected chi connectivity index (χ3v) is 4.00. The van der Waals surface area contributed by atoms with Crippen molar-refractivity contribution in [3.05, 3.63) is 24.3 Å². The molecule has 1 N–H and O–H groups in total. The molecule has 0 aliphatic carbocycles. The molecule has 0 aromatic heterocycles. The summed E-state index contributed by atoms with van der Waals surface area (Å²) in [7, 11) is 0. The molecule has 1 unspecified atom stereocenters. The minimum Gasteiger partial charge on any atom is -0.491 e. The van der Waals surface area contributed by atoms with Crippen molar-refractivity contribution >= 4 is 5.69 Å². The molecule has 0 saturated carbocycles. The summed E-state index contributed by atoms with van der Waals surface area (Å²) in [6.07, 6.45) is 4.82. The van der Waals surface area contributed by atoms with E-state index in [4.69, 9.17) is 4.74 Å². The first-order valence-corrected chi connectivity index (χ1v) is 8.05. The van der Waals surface area contributed by atoms with E-state index in [1.165, 1.54) is 24.9 Å². The predicted octanol–water partition coefficient (Wildman–Crippen LogP) is 3.44. The highest BCUT2D eigenvalue weighted by molar-refractivity contribution is 5.58. The molecule has 1 aliphatic heterocycles. The second kappa shape index (κ2) is 8.15. The molecule has 2 rings (SSSR count). The number of ether oxygens (including phenoxy) is 1. The van der Waals surface area contributed by atoms with Crippen molar-refractivity contribution in [2.75, 3.05) is 31.1 Å². The average molecular weight is 276 g/mol. The Kier molecular flexibility index (Phi) is 6.19. The lowest BCUT2D eigenvalue weighted by Gasteiger charge is -2.25. The van der Waals surface area contributed by atoms with Gasteiger partial charge in [0.25, 0.3) is 0 Å². The zero-order chi connectivity index (χ0) is 14.2. The van der Waals surface area contributed by atoms with Crippen LogP contribution in [0.15, 0.2) is 24.3 Å². The summed E-state index contributed by atoms with van der Waals surface area (Å²) in [6.45, 7) is 8.59. The number of hydrogen-bond acceptors (Lipinski definition) is 3. The number of nitrogens with one attached hydrogen (secondary N) is 1. The second-order valence-corrected chi connectivity index (χ2v) is 5.46. The lowest BCUT2D eigenvalue weighted by molar-refractivity contribution is 0.322. The van der Waals surface area contributed by atoms with Crippen LogP contribution >= 0.6 is 0 Å².